The molecule has 0 amide bonds. The molecule has 0 heterocycles. The Morgan fingerprint density at radius 1 is 0.562 bits per heavy atom. The first-order valence-corrected chi connectivity index (χ1v) is 10.9. The summed E-state index contributed by atoms with van der Waals surface area (Å²) in [5.74, 6) is 0. The van der Waals surface area contributed by atoms with E-state index in [0.29, 0.717) is 26.7 Å². The van der Waals surface area contributed by atoms with Gasteiger partial charge >= 0.3 is 107 Å². The summed E-state index contributed by atoms with van der Waals surface area (Å²) in [5, 5.41) is 0. The number of anilines is 2. The average molecular weight is 342 g/mol. The summed E-state index contributed by atoms with van der Waals surface area (Å²) >= 11 is 0.869. The Hall–Kier alpha value is -0.921. The predicted molar refractivity (Wildman–Crippen MR) is 71.6 cm³/mol. The van der Waals surface area contributed by atoms with Gasteiger partial charge in [-0.05, 0) is 0 Å². The van der Waals surface area contributed by atoms with Crippen molar-refractivity contribution in [2.75, 3.05) is 8.67 Å². The molecule has 0 fully saturated rings. The second kappa shape index (κ2) is 6.62. The Kier molecular flexibility index (Phi) is 4.78. The fourth-order valence-corrected chi connectivity index (χ4v) is 5.31. The molecule has 0 aliphatic carbocycles. The van der Waals surface area contributed by atoms with Gasteiger partial charge in [-0.2, -0.15) is 0 Å². The monoisotopic (exact) mass is 344 g/mol. The molecule has 0 aliphatic rings. The maximum atomic E-state index is 3.44. The second-order valence-corrected chi connectivity index (χ2v) is 8.29. The van der Waals surface area contributed by atoms with Gasteiger partial charge < -0.3 is 0 Å². The van der Waals surface area contributed by atoms with E-state index in [1.165, 1.54) is 11.4 Å². The van der Waals surface area contributed by atoms with Gasteiger partial charge in [0.25, 0.3) is 0 Å². The van der Waals surface area contributed by atoms with Crippen LogP contribution in [0.4, 0.5) is 11.4 Å². The minimum atomic E-state index is 0.435. The molecular weight excluding hydrogens is 330 g/mol. The normalized spacial score (nSPS) is 9.75. The maximum absolute atomic E-state index is 3.44. The molecule has 2 N–H and O–H groups in total. The van der Waals surface area contributed by atoms with E-state index in [2.05, 4.69) is 57.2 Å². The summed E-state index contributed by atoms with van der Waals surface area (Å²) in [7, 11) is 0. The number of nitrogens with one attached hydrogen (secondary N) is 2. The van der Waals surface area contributed by atoms with E-state index in [0.717, 1.165) is 0 Å². The van der Waals surface area contributed by atoms with Crippen molar-refractivity contribution in [1.29, 1.82) is 0 Å². The van der Waals surface area contributed by atoms with Crippen molar-refractivity contribution < 1.29 is 0 Å². The molecule has 0 spiro atoms. The van der Waals surface area contributed by atoms with Crippen molar-refractivity contribution >= 4 is 38.1 Å². The fraction of sp³-hybridized carbons (Fsp3) is 0. The first-order chi connectivity index (χ1) is 7.95. The van der Waals surface area contributed by atoms with Gasteiger partial charge in [0.05, 0.1) is 0 Å². The molecule has 4 heteroatoms. The molecule has 0 unspecified atom stereocenters. The van der Waals surface area contributed by atoms with E-state index >= 15 is 0 Å². The van der Waals surface area contributed by atoms with Crippen molar-refractivity contribution in [1.82, 2.24) is 0 Å². The van der Waals surface area contributed by atoms with E-state index in [9.17, 15) is 0 Å². The van der Waals surface area contributed by atoms with Gasteiger partial charge in [-0.3, -0.25) is 0 Å². The zero-order valence-corrected chi connectivity index (χ0v) is 12.0. The van der Waals surface area contributed by atoms with E-state index < -0.39 is 0 Å². The Bertz CT molecular complexity index is 364. The van der Waals surface area contributed by atoms with Crippen LogP contribution in [-0.4, -0.2) is 26.7 Å². The minimum absolute atomic E-state index is 0.435. The van der Waals surface area contributed by atoms with Crippen LogP contribution in [0.3, 0.4) is 0 Å². The van der Waals surface area contributed by atoms with Gasteiger partial charge in [0.1, 0.15) is 0 Å². The number of para-hydroxylation sites is 2. The van der Waals surface area contributed by atoms with Gasteiger partial charge in [-0.15, -0.1) is 0 Å². The molecule has 0 atom stereocenters. The first kappa shape index (κ1) is 11.6. The van der Waals surface area contributed by atoms with Crippen molar-refractivity contribution in [3.05, 3.63) is 60.7 Å². The second-order valence-electron chi connectivity index (χ2n) is 3.10. The molecule has 0 saturated heterocycles. The standard InChI is InChI=1S/C12H12N2Se2/c1-3-7-11(8-4-1)13-15-16-14-12-9-5-2-6-10-12/h1-10,13-14H. The van der Waals surface area contributed by atoms with Crippen LogP contribution in [0.2, 0.25) is 0 Å². The third-order valence-corrected chi connectivity index (χ3v) is 6.15. The van der Waals surface area contributed by atoms with Gasteiger partial charge in [0.15, 0.2) is 0 Å². The molecule has 0 saturated carbocycles. The van der Waals surface area contributed by atoms with Crippen LogP contribution in [0.5, 0.6) is 0 Å². The number of rotatable bonds is 5. The summed E-state index contributed by atoms with van der Waals surface area (Å²) < 4.78 is 6.89. The van der Waals surface area contributed by atoms with Crippen LogP contribution < -0.4 is 8.67 Å². The Morgan fingerprint density at radius 3 is 1.31 bits per heavy atom. The molecule has 2 aromatic carbocycles. The summed E-state index contributed by atoms with van der Waals surface area (Å²) in [6, 6.07) is 20.7. The molecule has 0 bridgehead atoms. The molecular formula is C12H12N2Se2. The average Bonchev–Trinajstić information content (AvgIpc) is 2.37. The Morgan fingerprint density at radius 2 is 0.938 bits per heavy atom. The Labute approximate surface area is 107 Å². The zero-order valence-electron chi connectivity index (χ0n) is 8.59. The van der Waals surface area contributed by atoms with Crippen molar-refractivity contribution in [3.8, 4) is 0 Å². The number of benzene rings is 2. The van der Waals surface area contributed by atoms with Gasteiger partial charge in [0.2, 0.25) is 0 Å². The molecule has 0 radical (unpaired) electrons. The van der Waals surface area contributed by atoms with Crippen molar-refractivity contribution in [2.45, 2.75) is 0 Å². The third kappa shape index (κ3) is 3.91. The molecule has 82 valence electrons. The fourth-order valence-electron chi connectivity index (χ4n) is 1.15. The zero-order chi connectivity index (χ0) is 11.1. The van der Waals surface area contributed by atoms with Crippen LogP contribution in [0.15, 0.2) is 60.7 Å². The van der Waals surface area contributed by atoms with Crippen LogP contribution >= 0.6 is 0 Å². The van der Waals surface area contributed by atoms with Crippen LogP contribution in [0.1, 0.15) is 0 Å². The molecule has 2 nitrogen and oxygen atoms in total. The molecule has 2 rings (SSSR count). The van der Waals surface area contributed by atoms with Gasteiger partial charge in [-0.1, -0.05) is 0 Å². The summed E-state index contributed by atoms with van der Waals surface area (Å²) in [5.41, 5.74) is 2.42. The van der Waals surface area contributed by atoms with E-state index in [4.69, 9.17) is 0 Å². The first-order valence-electron chi connectivity index (χ1n) is 4.90. The summed E-state index contributed by atoms with van der Waals surface area (Å²) in [6.07, 6.45) is 0. The van der Waals surface area contributed by atoms with Crippen molar-refractivity contribution in [3.63, 3.8) is 0 Å². The van der Waals surface area contributed by atoms with Gasteiger partial charge in [-0.25, -0.2) is 0 Å². The Balaban J connectivity index is 1.70. The topological polar surface area (TPSA) is 24.1 Å². The van der Waals surface area contributed by atoms with Crippen LogP contribution in [0, 0.1) is 0 Å². The number of hydrogen-bond acceptors (Lipinski definition) is 2. The van der Waals surface area contributed by atoms with E-state index in [-0.39, 0.29) is 0 Å². The SMILES string of the molecule is c1ccc(N[Se][Se]Nc2ccccc2)cc1. The molecule has 16 heavy (non-hydrogen) atoms. The number of hydrogen-bond donors (Lipinski definition) is 2. The quantitative estimate of drug-likeness (QED) is 0.644. The predicted octanol–water partition coefficient (Wildman–Crippen LogP) is 2.36. The molecule has 0 aliphatic heterocycles. The van der Waals surface area contributed by atoms with Crippen LogP contribution in [0.25, 0.3) is 0 Å². The van der Waals surface area contributed by atoms with Gasteiger partial charge in [0, 0.05) is 0 Å². The third-order valence-electron chi connectivity index (χ3n) is 1.91. The van der Waals surface area contributed by atoms with E-state index in [1.54, 1.807) is 0 Å². The van der Waals surface area contributed by atoms with Crippen LogP contribution in [-0.2, 0) is 0 Å². The summed E-state index contributed by atoms with van der Waals surface area (Å²) in [4.78, 5) is 0. The molecule has 0 aromatic heterocycles. The molecule has 2 aromatic rings. The summed E-state index contributed by atoms with van der Waals surface area (Å²) in [6.45, 7) is 0. The van der Waals surface area contributed by atoms with E-state index in [1.807, 2.05) is 12.1 Å². The van der Waals surface area contributed by atoms with Crippen molar-refractivity contribution in [2.24, 2.45) is 0 Å².